The van der Waals surface area contributed by atoms with Crippen LogP contribution in [0.15, 0.2) is 10.7 Å². The number of rotatable bonds is 1. The number of halogens is 1. The number of ether oxygens (including phenoxy) is 1. The molecular weight excluding hydrogens is 226 g/mol. The van der Waals surface area contributed by atoms with Gasteiger partial charge in [-0.2, -0.15) is 0 Å². The van der Waals surface area contributed by atoms with E-state index >= 15 is 0 Å². The molecule has 0 aliphatic carbocycles. The average molecular weight is 234 g/mol. The van der Waals surface area contributed by atoms with Crippen LogP contribution in [-0.2, 0) is 7.05 Å². The largest absolute Gasteiger partial charge is 0.413 e. The summed E-state index contributed by atoms with van der Waals surface area (Å²) in [4.78, 5) is 10.7. The molecule has 0 spiro atoms. The normalized spacial score (nSPS) is 9.58. The summed E-state index contributed by atoms with van der Waals surface area (Å²) >= 11 is 3.19. The monoisotopic (exact) mass is 233 g/mol. The Morgan fingerprint density at radius 1 is 1.83 bits per heavy atom. The second-order valence-electron chi connectivity index (χ2n) is 2.10. The highest BCUT2D eigenvalue weighted by molar-refractivity contribution is 9.10. The van der Waals surface area contributed by atoms with E-state index in [1.807, 2.05) is 0 Å². The Morgan fingerprint density at radius 2 is 2.50 bits per heavy atom. The van der Waals surface area contributed by atoms with Crippen molar-refractivity contribution in [1.29, 1.82) is 0 Å². The highest BCUT2D eigenvalue weighted by Gasteiger charge is 2.09. The standard InChI is InChI=1S/C6H8BrN3O2/c1-8-6(11)12-5-4(7)3-10(2)9-5/h3H,1-2H3,(H,8,11). The summed E-state index contributed by atoms with van der Waals surface area (Å²) in [6, 6.07) is 0. The second-order valence-corrected chi connectivity index (χ2v) is 2.95. The van der Waals surface area contributed by atoms with Crippen LogP contribution in [0.2, 0.25) is 0 Å². The third-order valence-corrected chi connectivity index (χ3v) is 1.69. The zero-order chi connectivity index (χ0) is 9.14. The van der Waals surface area contributed by atoms with Gasteiger partial charge in [0.25, 0.3) is 5.88 Å². The molecule has 1 aromatic heterocycles. The molecule has 66 valence electrons. The van der Waals surface area contributed by atoms with Gasteiger partial charge in [-0.15, -0.1) is 5.10 Å². The molecule has 0 saturated heterocycles. The van der Waals surface area contributed by atoms with Gasteiger partial charge in [0.15, 0.2) is 0 Å². The van der Waals surface area contributed by atoms with Crippen molar-refractivity contribution in [1.82, 2.24) is 15.1 Å². The van der Waals surface area contributed by atoms with E-state index in [9.17, 15) is 4.79 Å². The molecule has 1 aromatic rings. The number of amides is 1. The maximum Gasteiger partial charge on any atom is 0.413 e. The zero-order valence-corrected chi connectivity index (χ0v) is 8.25. The van der Waals surface area contributed by atoms with Crippen LogP contribution in [0.3, 0.4) is 0 Å². The quantitative estimate of drug-likeness (QED) is 0.785. The first-order valence-electron chi connectivity index (χ1n) is 3.22. The van der Waals surface area contributed by atoms with Crippen LogP contribution in [0, 0.1) is 0 Å². The van der Waals surface area contributed by atoms with Gasteiger partial charge in [0.05, 0.1) is 4.47 Å². The molecule has 0 radical (unpaired) electrons. The highest BCUT2D eigenvalue weighted by Crippen LogP contribution is 2.21. The Labute approximate surface area is 77.8 Å². The Bertz CT molecular complexity index is 297. The summed E-state index contributed by atoms with van der Waals surface area (Å²) in [7, 11) is 3.22. The van der Waals surface area contributed by atoms with E-state index in [2.05, 4.69) is 26.3 Å². The molecule has 0 fully saturated rings. The summed E-state index contributed by atoms with van der Waals surface area (Å²) < 4.78 is 6.98. The van der Waals surface area contributed by atoms with Crippen molar-refractivity contribution < 1.29 is 9.53 Å². The minimum Gasteiger partial charge on any atom is -0.388 e. The van der Waals surface area contributed by atoms with E-state index < -0.39 is 6.09 Å². The SMILES string of the molecule is CNC(=O)Oc1nn(C)cc1Br. The summed E-state index contributed by atoms with van der Waals surface area (Å²) in [5.41, 5.74) is 0. The van der Waals surface area contributed by atoms with E-state index in [-0.39, 0.29) is 5.88 Å². The second kappa shape index (κ2) is 3.57. The smallest absolute Gasteiger partial charge is 0.388 e. The van der Waals surface area contributed by atoms with Gasteiger partial charge in [-0.1, -0.05) is 0 Å². The molecule has 6 heteroatoms. The number of aromatic nitrogens is 2. The lowest BCUT2D eigenvalue weighted by Gasteiger charge is -1.98. The maximum atomic E-state index is 10.7. The molecule has 0 aliphatic heterocycles. The van der Waals surface area contributed by atoms with Gasteiger partial charge < -0.3 is 10.1 Å². The van der Waals surface area contributed by atoms with Crippen molar-refractivity contribution in [2.45, 2.75) is 0 Å². The van der Waals surface area contributed by atoms with Crippen molar-refractivity contribution in [3.8, 4) is 5.88 Å². The van der Waals surface area contributed by atoms with E-state index in [0.29, 0.717) is 4.47 Å². The zero-order valence-electron chi connectivity index (χ0n) is 6.67. The van der Waals surface area contributed by atoms with Crippen LogP contribution in [0.5, 0.6) is 5.88 Å². The van der Waals surface area contributed by atoms with E-state index in [1.165, 1.54) is 7.05 Å². The fourth-order valence-electron chi connectivity index (χ4n) is 0.647. The predicted octanol–water partition coefficient (Wildman–Crippen LogP) is 0.901. The number of nitrogens with one attached hydrogen (secondary N) is 1. The molecule has 5 nitrogen and oxygen atoms in total. The lowest BCUT2D eigenvalue weighted by molar-refractivity contribution is 0.200. The molecule has 0 saturated carbocycles. The molecule has 0 bridgehead atoms. The third kappa shape index (κ3) is 1.97. The van der Waals surface area contributed by atoms with Crippen molar-refractivity contribution in [3.05, 3.63) is 10.7 Å². The van der Waals surface area contributed by atoms with Crippen LogP contribution in [0.4, 0.5) is 4.79 Å². The van der Waals surface area contributed by atoms with Crippen molar-refractivity contribution in [3.63, 3.8) is 0 Å². The summed E-state index contributed by atoms with van der Waals surface area (Å²) in [6.07, 6.45) is 1.16. The Balaban J connectivity index is 2.75. The van der Waals surface area contributed by atoms with E-state index in [4.69, 9.17) is 4.74 Å². The van der Waals surface area contributed by atoms with Crippen molar-refractivity contribution in [2.75, 3.05) is 7.05 Å². The molecule has 0 atom stereocenters. The number of nitrogens with zero attached hydrogens (tertiary/aromatic N) is 2. The number of aryl methyl sites for hydroxylation is 1. The summed E-state index contributed by atoms with van der Waals surface area (Å²) in [6.45, 7) is 0. The first-order chi connectivity index (χ1) is 5.63. The fraction of sp³-hybridized carbons (Fsp3) is 0.333. The van der Waals surface area contributed by atoms with Crippen molar-refractivity contribution in [2.24, 2.45) is 7.05 Å². The molecule has 1 N–H and O–H groups in total. The molecular formula is C6H8BrN3O2. The molecule has 1 rings (SSSR count). The lowest BCUT2D eigenvalue weighted by Crippen LogP contribution is -2.22. The van der Waals surface area contributed by atoms with Crippen molar-refractivity contribution >= 4 is 22.0 Å². The third-order valence-electron chi connectivity index (χ3n) is 1.15. The lowest BCUT2D eigenvalue weighted by atomic mass is 10.7. The minimum absolute atomic E-state index is 0.261. The molecule has 1 heterocycles. The van der Waals surface area contributed by atoms with E-state index in [0.717, 1.165) is 0 Å². The first-order valence-corrected chi connectivity index (χ1v) is 4.01. The van der Waals surface area contributed by atoms with Gasteiger partial charge >= 0.3 is 6.09 Å². The van der Waals surface area contributed by atoms with Gasteiger partial charge in [0.1, 0.15) is 0 Å². The molecule has 0 aliphatic rings. The van der Waals surface area contributed by atoms with E-state index in [1.54, 1.807) is 17.9 Å². The van der Waals surface area contributed by atoms with Crippen LogP contribution in [0.25, 0.3) is 0 Å². The Hall–Kier alpha value is -1.04. The number of hydrogen-bond acceptors (Lipinski definition) is 3. The average Bonchev–Trinajstić information content (AvgIpc) is 2.30. The molecule has 0 unspecified atom stereocenters. The number of carbonyl (C=O) groups is 1. The highest BCUT2D eigenvalue weighted by atomic mass is 79.9. The summed E-state index contributed by atoms with van der Waals surface area (Å²) in [5, 5.41) is 6.20. The summed E-state index contributed by atoms with van der Waals surface area (Å²) in [5.74, 6) is 0.261. The van der Waals surface area contributed by atoms with Gasteiger partial charge in [-0.25, -0.2) is 4.79 Å². The van der Waals surface area contributed by atoms with Crippen LogP contribution >= 0.6 is 15.9 Å². The molecule has 12 heavy (non-hydrogen) atoms. The van der Waals surface area contributed by atoms with Crippen LogP contribution in [0.1, 0.15) is 0 Å². The topological polar surface area (TPSA) is 56.1 Å². The van der Waals surface area contributed by atoms with Gasteiger partial charge in [-0.05, 0) is 15.9 Å². The Kier molecular flexibility index (Phi) is 2.69. The van der Waals surface area contributed by atoms with Gasteiger partial charge in [0, 0.05) is 20.3 Å². The molecule has 1 amide bonds. The van der Waals surface area contributed by atoms with Gasteiger partial charge in [0.2, 0.25) is 0 Å². The molecule has 0 aromatic carbocycles. The minimum atomic E-state index is -0.533. The number of hydrogen-bond donors (Lipinski definition) is 1. The predicted molar refractivity (Wildman–Crippen MR) is 46.0 cm³/mol. The number of carbonyl (C=O) groups excluding carboxylic acids is 1. The first kappa shape index (κ1) is 9.05. The van der Waals surface area contributed by atoms with Gasteiger partial charge in [-0.3, -0.25) is 4.68 Å². The maximum absolute atomic E-state index is 10.7. The fourth-order valence-corrected chi connectivity index (χ4v) is 1.10. The van der Waals surface area contributed by atoms with Crippen LogP contribution < -0.4 is 10.1 Å². The van der Waals surface area contributed by atoms with Crippen LogP contribution in [-0.4, -0.2) is 22.9 Å². The Morgan fingerprint density at radius 3 is 2.92 bits per heavy atom.